The fourth-order valence-electron chi connectivity index (χ4n) is 0. The molecule has 0 aromatic carbocycles. The third kappa shape index (κ3) is 66.7. The number of rotatable bonds is 1. The second kappa shape index (κ2) is 6.57. The number of hydrogen-bond acceptors (Lipinski definition) is 0. The van der Waals surface area contributed by atoms with Gasteiger partial charge in [-0.15, -0.1) is 34.8 Å². The van der Waals surface area contributed by atoms with Crippen molar-refractivity contribution in [3.05, 3.63) is 0 Å². The molecule has 64 valence electrons. The van der Waals surface area contributed by atoms with Gasteiger partial charge in [0.2, 0.25) is 0 Å². The van der Waals surface area contributed by atoms with Crippen LogP contribution in [0.1, 0.15) is 27.7 Å². The van der Waals surface area contributed by atoms with E-state index in [0.717, 1.165) is 5.88 Å². The van der Waals surface area contributed by atoms with Crippen molar-refractivity contribution < 1.29 is 0 Å². The molecule has 0 heterocycles. The lowest BCUT2D eigenvalue weighted by atomic mass is 10.3. The monoisotopic (exact) mass is 204 g/mol. The largest absolute Gasteiger partial charge is 0.126 e. The van der Waals surface area contributed by atoms with Gasteiger partial charge in [-0.05, 0) is 19.8 Å². The molecule has 0 rings (SSSR count). The quantitative estimate of drug-likeness (QED) is 0.566. The van der Waals surface area contributed by atoms with Crippen LogP contribution in [0.5, 0.6) is 0 Å². The van der Waals surface area contributed by atoms with Gasteiger partial charge in [-0.3, -0.25) is 0 Å². The van der Waals surface area contributed by atoms with E-state index in [1.54, 1.807) is 13.8 Å². The van der Waals surface area contributed by atoms with E-state index in [0.29, 0.717) is 5.92 Å². The van der Waals surface area contributed by atoms with E-state index in [4.69, 9.17) is 34.8 Å². The van der Waals surface area contributed by atoms with Crippen LogP contribution in [0.2, 0.25) is 0 Å². The maximum absolute atomic E-state index is 5.34. The molecule has 0 saturated heterocycles. The summed E-state index contributed by atoms with van der Waals surface area (Å²) in [7, 11) is 0. The van der Waals surface area contributed by atoms with Crippen molar-refractivity contribution in [2.45, 2.75) is 32.0 Å². The molecule has 3 heteroatoms. The van der Waals surface area contributed by atoms with Gasteiger partial charge in [0, 0.05) is 5.88 Å². The zero-order chi connectivity index (χ0) is 8.78. The maximum Gasteiger partial charge on any atom is 0.112 e. The van der Waals surface area contributed by atoms with Crippen molar-refractivity contribution in [2.75, 3.05) is 5.88 Å². The van der Waals surface area contributed by atoms with Crippen molar-refractivity contribution in [1.82, 2.24) is 0 Å². The molecule has 0 fully saturated rings. The second-order valence-electron chi connectivity index (χ2n) is 2.88. The molecule has 0 nitrogen and oxygen atoms in total. The second-order valence-corrected chi connectivity index (χ2v) is 5.27. The third-order valence-corrected chi connectivity index (χ3v) is 0.926. The summed E-state index contributed by atoms with van der Waals surface area (Å²) in [6.07, 6.45) is 0. The van der Waals surface area contributed by atoms with E-state index in [9.17, 15) is 0 Å². The van der Waals surface area contributed by atoms with Crippen LogP contribution < -0.4 is 0 Å². The molecule has 0 N–H and O–H groups in total. The van der Waals surface area contributed by atoms with E-state index in [-0.39, 0.29) is 0 Å². The predicted molar refractivity (Wildman–Crippen MR) is 51.3 cm³/mol. The fraction of sp³-hybridized carbons (Fsp3) is 1.00. The van der Waals surface area contributed by atoms with Crippen LogP contribution in [0.15, 0.2) is 0 Å². The summed E-state index contributed by atoms with van der Waals surface area (Å²) in [4.78, 5) is 0. The van der Waals surface area contributed by atoms with Gasteiger partial charge < -0.3 is 0 Å². The summed E-state index contributed by atoms with van der Waals surface area (Å²) in [5.41, 5.74) is 0. The molecule has 0 aliphatic rings. The van der Waals surface area contributed by atoms with Crippen LogP contribution in [0.25, 0.3) is 0 Å². The summed E-state index contributed by atoms with van der Waals surface area (Å²) < 4.78 is -0.556. The number of hydrogen-bond donors (Lipinski definition) is 0. The first-order valence-electron chi connectivity index (χ1n) is 3.21. The molecule has 0 atom stereocenters. The minimum atomic E-state index is -0.556. The molecular formula is C7H15Cl3. The Morgan fingerprint density at radius 3 is 1.30 bits per heavy atom. The summed E-state index contributed by atoms with van der Waals surface area (Å²) in [5.74, 6) is 1.43. The van der Waals surface area contributed by atoms with Gasteiger partial charge in [0.05, 0.1) is 0 Å². The first-order chi connectivity index (χ1) is 4.27. The van der Waals surface area contributed by atoms with Gasteiger partial charge in [-0.1, -0.05) is 13.8 Å². The molecular weight excluding hydrogens is 190 g/mol. The molecule has 0 unspecified atom stereocenters. The summed E-state index contributed by atoms with van der Waals surface area (Å²) >= 11 is 15.9. The number of alkyl halides is 3. The lowest BCUT2D eigenvalue weighted by Gasteiger charge is -1.98. The van der Waals surface area contributed by atoms with Gasteiger partial charge >= 0.3 is 0 Å². The average molecular weight is 206 g/mol. The van der Waals surface area contributed by atoms with Gasteiger partial charge in [0.1, 0.15) is 4.33 Å². The molecule has 0 aliphatic heterocycles. The van der Waals surface area contributed by atoms with Gasteiger partial charge in [0.15, 0.2) is 0 Å². The molecule has 0 aliphatic carbocycles. The Bertz CT molecular complexity index is 57.7. The van der Waals surface area contributed by atoms with Crippen LogP contribution in [0.3, 0.4) is 0 Å². The Morgan fingerprint density at radius 1 is 1.20 bits per heavy atom. The smallest absolute Gasteiger partial charge is 0.112 e. The zero-order valence-electron chi connectivity index (χ0n) is 6.92. The van der Waals surface area contributed by atoms with Gasteiger partial charge in [-0.25, -0.2) is 0 Å². The van der Waals surface area contributed by atoms with E-state index in [1.807, 2.05) is 0 Å². The highest BCUT2D eigenvalue weighted by atomic mass is 35.5. The van der Waals surface area contributed by atoms with E-state index in [1.165, 1.54) is 0 Å². The number of halogens is 3. The first kappa shape index (κ1) is 13.5. The van der Waals surface area contributed by atoms with Crippen molar-refractivity contribution in [3.63, 3.8) is 0 Å². The zero-order valence-corrected chi connectivity index (χ0v) is 9.19. The van der Waals surface area contributed by atoms with Crippen LogP contribution in [0.4, 0.5) is 0 Å². The maximum atomic E-state index is 5.34. The van der Waals surface area contributed by atoms with Crippen LogP contribution in [-0.2, 0) is 0 Å². The molecule has 10 heavy (non-hydrogen) atoms. The highest BCUT2D eigenvalue weighted by molar-refractivity contribution is 6.47. The summed E-state index contributed by atoms with van der Waals surface area (Å²) in [5, 5.41) is 0. The molecule has 0 aromatic rings. The predicted octanol–water partition coefficient (Wildman–Crippen LogP) is 4.08. The SMILES string of the molecule is CC(C)(Cl)Cl.CC(C)CCl. The van der Waals surface area contributed by atoms with Crippen LogP contribution in [0, 0.1) is 5.92 Å². The van der Waals surface area contributed by atoms with Gasteiger partial charge in [-0.2, -0.15) is 0 Å². The summed E-state index contributed by atoms with van der Waals surface area (Å²) in [6.45, 7) is 7.62. The Labute approximate surface area is 78.8 Å². The Morgan fingerprint density at radius 2 is 1.30 bits per heavy atom. The standard InChI is InChI=1S/C4H9Cl.C3H6Cl2/c1-4(2)3-5;1-3(2,4)5/h4H,3H2,1-2H3;1-2H3. The van der Waals surface area contributed by atoms with E-state index >= 15 is 0 Å². The van der Waals surface area contributed by atoms with Crippen molar-refractivity contribution in [2.24, 2.45) is 5.92 Å². The lowest BCUT2D eigenvalue weighted by molar-refractivity contribution is 0.745. The topological polar surface area (TPSA) is 0 Å². The third-order valence-electron chi connectivity index (χ3n) is 0.309. The fourth-order valence-corrected chi connectivity index (χ4v) is 0. The normalized spacial score (nSPS) is 10.8. The van der Waals surface area contributed by atoms with Crippen molar-refractivity contribution >= 4 is 34.8 Å². The van der Waals surface area contributed by atoms with Crippen LogP contribution >= 0.6 is 34.8 Å². The Hall–Kier alpha value is 0.870. The lowest BCUT2D eigenvalue weighted by Crippen LogP contribution is -1.93. The Balaban J connectivity index is 0. The van der Waals surface area contributed by atoms with Crippen molar-refractivity contribution in [1.29, 1.82) is 0 Å². The highest BCUT2D eigenvalue weighted by Crippen LogP contribution is 2.16. The molecule has 0 aromatic heterocycles. The minimum Gasteiger partial charge on any atom is -0.126 e. The Kier molecular flexibility index (Phi) is 8.85. The minimum absolute atomic E-state index is 0.556. The van der Waals surface area contributed by atoms with E-state index < -0.39 is 4.33 Å². The van der Waals surface area contributed by atoms with Crippen LogP contribution in [-0.4, -0.2) is 10.2 Å². The average Bonchev–Trinajstić information content (AvgIpc) is 1.61. The molecule has 0 spiro atoms. The molecule has 0 bridgehead atoms. The molecule has 0 radical (unpaired) electrons. The highest BCUT2D eigenvalue weighted by Gasteiger charge is 2.03. The van der Waals surface area contributed by atoms with Gasteiger partial charge in [0.25, 0.3) is 0 Å². The summed E-state index contributed by atoms with van der Waals surface area (Å²) in [6, 6.07) is 0. The van der Waals surface area contributed by atoms with Crippen molar-refractivity contribution in [3.8, 4) is 0 Å². The first-order valence-corrected chi connectivity index (χ1v) is 4.50. The van der Waals surface area contributed by atoms with E-state index in [2.05, 4.69) is 13.8 Å². The molecule has 0 amide bonds. The molecule has 0 saturated carbocycles.